The molecule has 0 aromatic carbocycles. The van der Waals surface area contributed by atoms with Gasteiger partial charge >= 0.3 is 6.03 Å². The summed E-state index contributed by atoms with van der Waals surface area (Å²) in [6.07, 6.45) is 2.41. The van der Waals surface area contributed by atoms with Gasteiger partial charge in [-0.25, -0.2) is 9.78 Å². The van der Waals surface area contributed by atoms with Crippen molar-refractivity contribution in [1.29, 1.82) is 0 Å². The molecule has 1 aliphatic heterocycles. The van der Waals surface area contributed by atoms with E-state index in [0.29, 0.717) is 32.3 Å². The van der Waals surface area contributed by atoms with Gasteiger partial charge in [0.25, 0.3) is 0 Å². The van der Waals surface area contributed by atoms with E-state index >= 15 is 0 Å². The van der Waals surface area contributed by atoms with Gasteiger partial charge in [-0.3, -0.25) is 5.32 Å². The Labute approximate surface area is 122 Å². The summed E-state index contributed by atoms with van der Waals surface area (Å²) in [4.78, 5) is 19.7. The van der Waals surface area contributed by atoms with Gasteiger partial charge < -0.3 is 14.4 Å². The molecule has 3 rings (SSSR count). The number of methoxy groups -OCH3 is 1. The van der Waals surface area contributed by atoms with Crippen molar-refractivity contribution in [2.24, 2.45) is 0 Å². The summed E-state index contributed by atoms with van der Waals surface area (Å²) in [5, 5.41) is 2.95. The van der Waals surface area contributed by atoms with E-state index in [9.17, 15) is 4.79 Å². The Hall–Kier alpha value is -1.18. The standard InChI is InChI=1S/C13H19N3O3S/c1-18-6-10-7-19-5-4-16(10)13(17)15-12-11(9-2-3-9)20-8-14-12/h8-10H,2-7H2,1H3,(H,15,17). The number of nitrogens with one attached hydrogen (secondary N) is 1. The van der Waals surface area contributed by atoms with Crippen molar-refractivity contribution in [2.45, 2.75) is 24.8 Å². The molecule has 1 saturated heterocycles. The maximum absolute atomic E-state index is 12.4. The number of anilines is 1. The zero-order valence-corrected chi connectivity index (χ0v) is 12.3. The number of carbonyl (C=O) groups is 1. The van der Waals surface area contributed by atoms with E-state index in [1.54, 1.807) is 28.9 Å². The zero-order valence-electron chi connectivity index (χ0n) is 11.5. The van der Waals surface area contributed by atoms with Crippen LogP contribution in [0.2, 0.25) is 0 Å². The van der Waals surface area contributed by atoms with Gasteiger partial charge in [0.1, 0.15) is 5.82 Å². The van der Waals surface area contributed by atoms with Gasteiger partial charge in [0.2, 0.25) is 0 Å². The van der Waals surface area contributed by atoms with E-state index in [0.717, 1.165) is 5.82 Å². The number of carbonyl (C=O) groups excluding carboxylic acids is 1. The van der Waals surface area contributed by atoms with Crippen LogP contribution in [0.25, 0.3) is 0 Å². The van der Waals surface area contributed by atoms with E-state index in [-0.39, 0.29) is 12.1 Å². The third-order valence-electron chi connectivity index (χ3n) is 3.62. The summed E-state index contributed by atoms with van der Waals surface area (Å²) in [5.74, 6) is 1.32. The summed E-state index contributed by atoms with van der Waals surface area (Å²) >= 11 is 1.63. The van der Waals surface area contributed by atoms with E-state index in [2.05, 4.69) is 10.3 Å². The highest BCUT2D eigenvalue weighted by molar-refractivity contribution is 7.10. The molecule has 110 valence electrons. The Balaban J connectivity index is 1.66. The summed E-state index contributed by atoms with van der Waals surface area (Å²) in [6.45, 7) is 2.16. The number of ether oxygens (including phenoxy) is 2. The van der Waals surface area contributed by atoms with Crippen molar-refractivity contribution in [3.63, 3.8) is 0 Å². The van der Waals surface area contributed by atoms with Crippen molar-refractivity contribution in [3.05, 3.63) is 10.4 Å². The van der Waals surface area contributed by atoms with Crippen LogP contribution in [0.1, 0.15) is 23.6 Å². The number of nitrogens with zero attached hydrogens (tertiary/aromatic N) is 2. The lowest BCUT2D eigenvalue weighted by Crippen LogP contribution is -2.52. The molecule has 7 heteroatoms. The molecule has 0 radical (unpaired) electrons. The van der Waals surface area contributed by atoms with Crippen LogP contribution in [0.15, 0.2) is 5.51 Å². The largest absolute Gasteiger partial charge is 0.382 e. The normalized spacial score (nSPS) is 22.9. The molecule has 6 nitrogen and oxygen atoms in total. The van der Waals surface area contributed by atoms with E-state index < -0.39 is 0 Å². The Morgan fingerprint density at radius 2 is 2.50 bits per heavy atom. The summed E-state index contributed by atoms with van der Waals surface area (Å²) in [5.41, 5.74) is 1.80. The zero-order chi connectivity index (χ0) is 13.9. The smallest absolute Gasteiger partial charge is 0.323 e. The number of rotatable bonds is 4. The predicted molar refractivity (Wildman–Crippen MR) is 76.3 cm³/mol. The third-order valence-corrected chi connectivity index (χ3v) is 4.61. The molecule has 1 saturated carbocycles. The topological polar surface area (TPSA) is 63.7 Å². The van der Waals surface area contributed by atoms with Crippen LogP contribution in [0.5, 0.6) is 0 Å². The molecule has 0 spiro atoms. The second-order valence-corrected chi connectivity index (χ2v) is 6.03. The van der Waals surface area contributed by atoms with Crippen LogP contribution in [0.3, 0.4) is 0 Å². The van der Waals surface area contributed by atoms with Gasteiger partial charge in [-0.05, 0) is 18.8 Å². The van der Waals surface area contributed by atoms with Crippen LogP contribution in [-0.4, -0.2) is 55.4 Å². The Morgan fingerprint density at radius 1 is 1.65 bits per heavy atom. The molecule has 2 amide bonds. The first-order valence-electron chi connectivity index (χ1n) is 6.87. The lowest BCUT2D eigenvalue weighted by Gasteiger charge is -2.34. The third kappa shape index (κ3) is 2.94. The number of aromatic nitrogens is 1. The maximum atomic E-state index is 12.4. The van der Waals surface area contributed by atoms with E-state index in [1.165, 1.54) is 17.7 Å². The van der Waals surface area contributed by atoms with E-state index in [1.807, 2.05) is 0 Å². The molecule has 2 heterocycles. The number of morpholine rings is 1. The van der Waals surface area contributed by atoms with Crippen LogP contribution in [0.4, 0.5) is 10.6 Å². The number of hydrogen-bond acceptors (Lipinski definition) is 5. The summed E-state index contributed by atoms with van der Waals surface area (Å²) in [6, 6.07) is -0.139. The highest BCUT2D eigenvalue weighted by atomic mass is 32.1. The van der Waals surface area contributed by atoms with Crippen LogP contribution in [-0.2, 0) is 9.47 Å². The summed E-state index contributed by atoms with van der Waals surface area (Å²) < 4.78 is 10.6. The van der Waals surface area contributed by atoms with Crippen molar-refractivity contribution >= 4 is 23.2 Å². The first kappa shape index (κ1) is 13.8. The molecule has 0 bridgehead atoms. The molecule has 1 N–H and O–H groups in total. The maximum Gasteiger partial charge on any atom is 0.323 e. The van der Waals surface area contributed by atoms with Gasteiger partial charge in [0.15, 0.2) is 0 Å². The molecule has 2 aliphatic rings. The highest BCUT2D eigenvalue weighted by Gasteiger charge is 2.31. The molecule has 20 heavy (non-hydrogen) atoms. The van der Waals surface area contributed by atoms with Crippen molar-refractivity contribution in [1.82, 2.24) is 9.88 Å². The Morgan fingerprint density at radius 3 is 3.25 bits per heavy atom. The Kier molecular flexibility index (Phi) is 4.18. The fourth-order valence-corrected chi connectivity index (χ4v) is 3.33. The highest BCUT2D eigenvalue weighted by Crippen LogP contribution is 2.45. The minimum Gasteiger partial charge on any atom is -0.382 e. The number of amides is 2. The van der Waals surface area contributed by atoms with Crippen molar-refractivity contribution in [2.75, 3.05) is 38.8 Å². The Bertz CT molecular complexity index is 473. The van der Waals surface area contributed by atoms with Gasteiger partial charge in [-0.2, -0.15) is 0 Å². The minimum atomic E-state index is -0.108. The average Bonchev–Trinajstić information content (AvgIpc) is 3.20. The first-order chi connectivity index (χ1) is 9.79. The van der Waals surface area contributed by atoms with Gasteiger partial charge in [0.05, 0.1) is 36.3 Å². The lowest BCUT2D eigenvalue weighted by molar-refractivity contribution is -0.0133. The molecule has 1 atom stereocenters. The van der Waals surface area contributed by atoms with Crippen LogP contribution in [0, 0.1) is 0 Å². The van der Waals surface area contributed by atoms with Crippen molar-refractivity contribution in [3.8, 4) is 0 Å². The second kappa shape index (κ2) is 6.07. The predicted octanol–water partition coefficient (Wildman–Crippen LogP) is 1.90. The fourth-order valence-electron chi connectivity index (χ4n) is 2.41. The van der Waals surface area contributed by atoms with Crippen LogP contribution < -0.4 is 5.32 Å². The molecular formula is C13H19N3O3S. The number of urea groups is 1. The molecule has 1 unspecified atom stereocenters. The monoisotopic (exact) mass is 297 g/mol. The fraction of sp³-hybridized carbons (Fsp3) is 0.692. The summed E-state index contributed by atoms with van der Waals surface area (Å²) in [7, 11) is 1.64. The van der Waals surface area contributed by atoms with Crippen molar-refractivity contribution < 1.29 is 14.3 Å². The first-order valence-corrected chi connectivity index (χ1v) is 7.75. The average molecular weight is 297 g/mol. The molecule has 1 aliphatic carbocycles. The SMILES string of the molecule is COCC1COCCN1C(=O)Nc1ncsc1C1CC1. The second-order valence-electron chi connectivity index (χ2n) is 5.15. The molecule has 2 fully saturated rings. The molecule has 1 aromatic rings. The minimum absolute atomic E-state index is 0.0308. The lowest BCUT2D eigenvalue weighted by atomic mass is 10.2. The van der Waals surface area contributed by atoms with Gasteiger partial charge in [-0.15, -0.1) is 11.3 Å². The van der Waals surface area contributed by atoms with Gasteiger partial charge in [-0.1, -0.05) is 0 Å². The number of thiazole rings is 1. The van der Waals surface area contributed by atoms with Crippen LogP contribution >= 0.6 is 11.3 Å². The quantitative estimate of drug-likeness (QED) is 0.922. The number of hydrogen-bond donors (Lipinski definition) is 1. The van der Waals surface area contributed by atoms with E-state index in [4.69, 9.17) is 9.47 Å². The van der Waals surface area contributed by atoms with Gasteiger partial charge in [0, 0.05) is 13.7 Å². The molecule has 1 aromatic heterocycles. The molecular weight excluding hydrogens is 278 g/mol.